The van der Waals surface area contributed by atoms with Crippen molar-refractivity contribution in [2.45, 2.75) is 26.9 Å². The van der Waals surface area contributed by atoms with E-state index >= 15 is 0 Å². The molecule has 134 valence electrons. The molecule has 1 N–H and O–H groups in total. The molecule has 1 amide bonds. The molecule has 26 heavy (non-hydrogen) atoms. The molecule has 2 heterocycles. The highest BCUT2D eigenvalue weighted by Gasteiger charge is 2.19. The van der Waals surface area contributed by atoms with Crippen LogP contribution < -0.4 is 5.32 Å². The Hall–Kier alpha value is -3.49. The minimum absolute atomic E-state index is 0.220. The Kier molecular flexibility index (Phi) is 4.78. The van der Waals surface area contributed by atoms with E-state index in [-0.39, 0.29) is 12.4 Å². The molecule has 9 nitrogen and oxygen atoms in total. The van der Waals surface area contributed by atoms with Crippen molar-refractivity contribution in [1.29, 1.82) is 0 Å². The second kappa shape index (κ2) is 7.18. The van der Waals surface area contributed by atoms with Crippen LogP contribution in [0, 0.1) is 24.0 Å². The average molecular weight is 354 g/mol. The molecular weight excluding hydrogens is 336 g/mol. The summed E-state index contributed by atoms with van der Waals surface area (Å²) in [6.45, 7) is 3.99. The van der Waals surface area contributed by atoms with Gasteiger partial charge in [-0.2, -0.15) is 5.10 Å². The smallest absolute Gasteiger partial charge is 0.345 e. The second-order valence-electron chi connectivity index (χ2n) is 5.99. The molecule has 3 rings (SSSR count). The topological polar surface area (TPSA) is 108 Å². The Morgan fingerprint density at radius 3 is 2.77 bits per heavy atom. The van der Waals surface area contributed by atoms with Crippen LogP contribution >= 0.6 is 0 Å². The summed E-state index contributed by atoms with van der Waals surface area (Å²) in [6.07, 6.45) is 1.76. The number of aryl methyl sites for hydroxylation is 2. The van der Waals surface area contributed by atoms with Crippen LogP contribution in [0.1, 0.15) is 16.8 Å². The Balaban J connectivity index is 1.64. The lowest BCUT2D eigenvalue weighted by atomic mass is 10.1. The van der Waals surface area contributed by atoms with Crippen LogP contribution in [0.25, 0.3) is 0 Å². The van der Waals surface area contributed by atoms with Crippen molar-refractivity contribution in [3.8, 4) is 0 Å². The zero-order valence-electron chi connectivity index (χ0n) is 14.4. The van der Waals surface area contributed by atoms with Gasteiger partial charge in [0.05, 0.1) is 18.3 Å². The van der Waals surface area contributed by atoms with Gasteiger partial charge >= 0.3 is 5.82 Å². The van der Waals surface area contributed by atoms with E-state index in [2.05, 4.69) is 21.6 Å². The van der Waals surface area contributed by atoms with Gasteiger partial charge < -0.3 is 15.4 Å². The lowest BCUT2D eigenvalue weighted by Crippen LogP contribution is -2.21. The fraction of sp³-hybridized carbons (Fsp3) is 0.235. The van der Waals surface area contributed by atoms with Crippen LogP contribution in [0.4, 0.5) is 11.6 Å². The lowest BCUT2D eigenvalue weighted by Gasteiger charge is -2.03. The minimum Gasteiger partial charge on any atom is -0.358 e. The molecular formula is C17H18N6O3. The van der Waals surface area contributed by atoms with Crippen molar-refractivity contribution < 1.29 is 9.72 Å². The second-order valence-corrected chi connectivity index (χ2v) is 5.99. The van der Waals surface area contributed by atoms with Crippen LogP contribution in [0.3, 0.4) is 0 Å². The van der Waals surface area contributed by atoms with Crippen molar-refractivity contribution in [3.05, 3.63) is 69.5 Å². The number of carbonyl (C=O) groups is 1. The number of nitro groups is 1. The highest BCUT2D eigenvalue weighted by atomic mass is 16.6. The summed E-state index contributed by atoms with van der Waals surface area (Å²) in [7, 11) is 0. The van der Waals surface area contributed by atoms with E-state index in [9.17, 15) is 14.9 Å². The molecule has 0 atom stereocenters. The molecule has 0 bridgehead atoms. The molecule has 0 aliphatic rings. The number of hydrogen-bond acceptors (Lipinski definition) is 5. The summed E-state index contributed by atoms with van der Waals surface area (Å²) < 4.78 is 2.78. The third kappa shape index (κ3) is 4.12. The summed E-state index contributed by atoms with van der Waals surface area (Å²) in [5.74, 6) is -0.270. The molecule has 0 saturated carbocycles. The molecule has 0 spiro atoms. The van der Waals surface area contributed by atoms with Crippen molar-refractivity contribution in [3.63, 3.8) is 0 Å². The Bertz CT molecular complexity index is 959. The first-order valence-electron chi connectivity index (χ1n) is 7.98. The van der Waals surface area contributed by atoms with Crippen LogP contribution in [-0.4, -0.2) is 30.4 Å². The van der Waals surface area contributed by atoms with E-state index in [1.807, 2.05) is 25.1 Å². The van der Waals surface area contributed by atoms with E-state index < -0.39 is 10.8 Å². The molecule has 0 aliphatic heterocycles. The van der Waals surface area contributed by atoms with Gasteiger partial charge in [0, 0.05) is 12.3 Å². The number of aromatic nitrogens is 4. The molecule has 0 radical (unpaired) electrons. The number of nitrogens with one attached hydrogen (secondary N) is 1. The van der Waals surface area contributed by atoms with Gasteiger partial charge in [-0.25, -0.2) is 0 Å². The van der Waals surface area contributed by atoms with Gasteiger partial charge in [0.2, 0.25) is 0 Å². The maximum absolute atomic E-state index is 12.1. The molecule has 1 aromatic carbocycles. The molecule has 3 aromatic rings. The van der Waals surface area contributed by atoms with Crippen LogP contribution in [0.2, 0.25) is 0 Å². The summed E-state index contributed by atoms with van der Waals surface area (Å²) in [6, 6.07) is 11.1. The number of rotatable bonds is 6. The van der Waals surface area contributed by atoms with Gasteiger partial charge in [-0.3, -0.25) is 9.48 Å². The van der Waals surface area contributed by atoms with Crippen LogP contribution in [0.5, 0.6) is 0 Å². The van der Waals surface area contributed by atoms with E-state index in [4.69, 9.17) is 0 Å². The Morgan fingerprint density at radius 2 is 2.04 bits per heavy atom. The van der Waals surface area contributed by atoms with E-state index in [0.717, 1.165) is 10.2 Å². The molecule has 9 heteroatoms. The van der Waals surface area contributed by atoms with Crippen molar-refractivity contribution in [1.82, 2.24) is 19.6 Å². The van der Waals surface area contributed by atoms with E-state index in [0.29, 0.717) is 18.1 Å². The van der Waals surface area contributed by atoms with Crippen molar-refractivity contribution >= 4 is 17.5 Å². The SMILES string of the molecule is Cc1cccc(Cn2ccc(NC(=O)Cn3nc(C)cc3[N+](=O)[O-])n2)c1. The zero-order chi connectivity index (χ0) is 18.7. The van der Waals surface area contributed by atoms with Crippen molar-refractivity contribution in [2.75, 3.05) is 5.32 Å². The third-order valence-corrected chi connectivity index (χ3v) is 3.70. The van der Waals surface area contributed by atoms with E-state index in [1.54, 1.807) is 23.9 Å². The van der Waals surface area contributed by atoms with Gasteiger partial charge in [-0.15, -0.1) is 4.68 Å². The van der Waals surface area contributed by atoms with Gasteiger partial charge in [-0.1, -0.05) is 34.9 Å². The van der Waals surface area contributed by atoms with Gasteiger partial charge in [0.1, 0.15) is 0 Å². The Labute approximate surface area is 149 Å². The van der Waals surface area contributed by atoms with E-state index in [1.165, 1.54) is 11.6 Å². The molecule has 0 saturated heterocycles. The van der Waals surface area contributed by atoms with Gasteiger partial charge in [-0.05, 0) is 24.3 Å². The number of nitrogens with zero attached hydrogens (tertiary/aromatic N) is 5. The highest BCUT2D eigenvalue weighted by molar-refractivity contribution is 5.89. The maximum atomic E-state index is 12.1. The summed E-state index contributed by atoms with van der Waals surface area (Å²) in [5.41, 5.74) is 2.75. The summed E-state index contributed by atoms with van der Waals surface area (Å²) in [5, 5.41) is 21.9. The molecule has 0 fully saturated rings. The number of hydrogen-bond donors (Lipinski definition) is 1. The number of amides is 1. The number of anilines is 1. The average Bonchev–Trinajstić information content (AvgIpc) is 3.13. The minimum atomic E-state index is -0.566. The first-order chi connectivity index (χ1) is 12.4. The molecule has 0 aliphatic carbocycles. The van der Waals surface area contributed by atoms with Crippen LogP contribution in [-0.2, 0) is 17.9 Å². The molecule has 0 unspecified atom stereocenters. The number of benzene rings is 1. The summed E-state index contributed by atoms with van der Waals surface area (Å²) in [4.78, 5) is 22.5. The van der Waals surface area contributed by atoms with Gasteiger partial charge in [0.25, 0.3) is 5.91 Å². The zero-order valence-corrected chi connectivity index (χ0v) is 14.4. The van der Waals surface area contributed by atoms with Crippen LogP contribution in [0.15, 0.2) is 42.6 Å². The first kappa shape index (κ1) is 17.3. The maximum Gasteiger partial charge on any atom is 0.345 e. The quantitative estimate of drug-likeness (QED) is 0.540. The highest BCUT2D eigenvalue weighted by Crippen LogP contribution is 2.13. The fourth-order valence-electron chi connectivity index (χ4n) is 2.63. The monoisotopic (exact) mass is 354 g/mol. The predicted octanol–water partition coefficient (Wildman–Crippen LogP) is 2.29. The lowest BCUT2D eigenvalue weighted by molar-refractivity contribution is -0.392. The predicted molar refractivity (Wildman–Crippen MR) is 94.8 cm³/mol. The van der Waals surface area contributed by atoms with Crippen molar-refractivity contribution in [2.24, 2.45) is 0 Å². The third-order valence-electron chi connectivity index (χ3n) is 3.70. The molecule has 2 aromatic heterocycles. The fourth-order valence-corrected chi connectivity index (χ4v) is 2.63. The standard InChI is InChI=1S/C17H18N6O3/c1-12-4-3-5-14(8-12)10-21-7-6-15(20-21)18-16(24)11-22-17(23(25)26)9-13(2)19-22/h3-9H,10-11H2,1-2H3,(H,18,20,24). The summed E-state index contributed by atoms with van der Waals surface area (Å²) >= 11 is 0. The Morgan fingerprint density at radius 1 is 1.23 bits per heavy atom. The normalized spacial score (nSPS) is 10.7. The number of carbonyl (C=O) groups excluding carboxylic acids is 1. The first-order valence-corrected chi connectivity index (χ1v) is 7.98. The largest absolute Gasteiger partial charge is 0.358 e. The van der Waals surface area contributed by atoms with Gasteiger partial charge in [0.15, 0.2) is 12.4 Å².